The molecule has 1 atom stereocenters. The summed E-state index contributed by atoms with van der Waals surface area (Å²) in [5.41, 5.74) is 2.82. The number of rotatable bonds is 7. The lowest BCUT2D eigenvalue weighted by atomic mass is 10.1. The first-order valence-corrected chi connectivity index (χ1v) is 8.36. The zero-order valence-corrected chi connectivity index (χ0v) is 14.8. The van der Waals surface area contributed by atoms with Gasteiger partial charge >= 0.3 is 12.1 Å². The van der Waals surface area contributed by atoms with Crippen LogP contribution >= 0.6 is 0 Å². The van der Waals surface area contributed by atoms with Gasteiger partial charge in [-0.2, -0.15) is 0 Å². The maximum Gasteiger partial charge on any atom is 0.413 e. The minimum atomic E-state index is -1.20. The van der Waals surface area contributed by atoms with Crippen molar-refractivity contribution in [2.24, 2.45) is 0 Å². The van der Waals surface area contributed by atoms with Gasteiger partial charge in [-0.25, -0.2) is 24.5 Å². The summed E-state index contributed by atoms with van der Waals surface area (Å²) in [6.07, 6.45) is 2.45. The molecule has 11 heteroatoms. The van der Waals surface area contributed by atoms with Crippen molar-refractivity contribution in [2.45, 2.75) is 13.0 Å². The number of hydrogen-bond donors (Lipinski definition) is 5. The van der Waals surface area contributed by atoms with Gasteiger partial charge in [0.2, 0.25) is 11.9 Å². The number of H-pyrrole nitrogens is 1. The second-order valence-corrected chi connectivity index (χ2v) is 5.68. The van der Waals surface area contributed by atoms with E-state index in [0.29, 0.717) is 11.1 Å². The first-order valence-electron chi connectivity index (χ1n) is 8.36. The number of amides is 1. The molecular formula is C17H18N6O5. The van der Waals surface area contributed by atoms with Gasteiger partial charge in [0.05, 0.1) is 24.2 Å². The summed E-state index contributed by atoms with van der Waals surface area (Å²) in [6, 6.07) is 4.24. The number of anilines is 2. The summed E-state index contributed by atoms with van der Waals surface area (Å²) in [7, 11) is 0. The van der Waals surface area contributed by atoms with Gasteiger partial charge in [0.1, 0.15) is 0 Å². The first-order chi connectivity index (χ1) is 13.5. The van der Waals surface area contributed by atoms with Gasteiger partial charge in [-0.3, -0.25) is 5.32 Å². The van der Waals surface area contributed by atoms with Gasteiger partial charge in [-0.1, -0.05) is 6.07 Å². The predicted octanol–water partition coefficient (Wildman–Crippen LogP) is 1.45. The molecule has 0 fully saturated rings. The smallest absolute Gasteiger partial charge is 0.413 e. The number of aliphatic hydroxyl groups is 1. The molecule has 146 valence electrons. The number of carboxylic acid groups (broad SMARTS) is 1. The van der Waals surface area contributed by atoms with Gasteiger partial charge in [-0.05, 0) is 24.6 Å². The molecular weight excluding hydrogens is 368 g/mol. The molecule has 0 radical (unpaired) electrons. The van der Waals surface area contributed by atoms with E-state index in [1.807, 2.05) is 6.07 Å². The van der Waals surface area contributed by atoms with E-state index >= 15 is 0 Å². The van der Waals surface area contributed by atoms with E-state index in [1.54, 1.807) is 19.1 Å². The van der Waals surface area contributed by atoms with Crippen LogP contribution in [0.25, 0.3) is 22.2 Å². The molecule has 1 unspecified atom stereocenters. The highest BCUT2D eigenvalue weighted by Gasteiger charge is 2.17. The van der Waals surface area contributed by atoms with Gasteiger partial charge in [0.15, 0.2) is 6.04 Å². The van der Waals surface area contributed by atoms with Crippen molar-refractivity contribution in [3.8, 4) is 11.1 Å². The lowest BCUT2D eigenvalue weighted by molar-refractivity contribution is -0.138. The Morgan fingerprint density at radius 2 is 2.00 bits per heavy atom. The molecule has 0 saturated carbocycles. The van der Waals surface area contributed by atoms with E-state index in [9.17, 15) is 9.59 Å². The molecule has 0 saturated heterocycles. The SMILES string of the molecule is CCOC(=O)Nc1nc2cc(-c3cnc(NC(CO)C(=O)O)nc3)ccc2[nH]1. The number of aromatic amines is 1. The van der Waals surface area contributed by atoms with Crippen LogP contribution in [0.4, 0.5) is 16.7 Å². The van der Waals surface area contributed by atoms with Crippen LogP contribution in [0.3, 0.4) is 0 Å². The summed E-state index contributed by atoms with van der Waals surface area (Å²) in [6.45, 7) is 1.38. The fourth-order valence-corrected chi connectivity index (χ4v) is 2.40. The Morgan fingerprint density at radius 3 is 2.64 bits per heavy atom. The van der Waals surface area contributed by atoms with Gasteiger partial charge in [0, 0.05) is 18.0 Å². The summed E-state index contributed by atoms with van der Waals surface area (Å²) in [4.78, 5) is 37.8. The molecule has 0 spiro atoms. The third-order valence-electron chi connectivity index (χ3n) is 3.75. The van der Waals surface area contributed by atoms with Crippen LogP contribution in [-0.4, -0.2) is 61.5 Å². The fourth-order valence-electron chi connectivity index (χ4n) is 2.40. The molecule has 0 bridgehead atoms. The predicted molar refractivity (Wildman–Crippen MR) is 99.9 cm³/mol. The lowest BCUT2D eigenvalue weighted by Gasteiger charge is -2.11. The first kappa shape index (κ1) is 19.0. The largest absolute Gasteiger partial charge is 0.480 e. The van der Waals surface area contributed by atoms with Crippen LogP contribution in [-0.2, 0) is 9.53 Å². The van der Waals surface area contributed by atoms with Crippen molar-refractivity contribution in [1.82, 2.24) is 19.9 Å². The van der Waals surface area contributed by atoms with E-state index in [2.05, 4.69) is 30.6 Å². The average Bonchev–Trinajstić information content (AvgIpc) is 3.07. The number of imidazole rings is 1. The fraction of sp³-hybridized carbons (Fsp3) is 0.235. The Kier molecular flexibility index (Phi) is 5.65. The summed E-state index contributed by atoms with van der Waals surface area (Å²) < 4.78 is 4.81. The third-order valence-corrected chi connectivity index (χ3v) is 3.75. The number of aliphatic hydroxyl groups excluding tert-OH is 1. The molecule has 1 amide bonds. The minimum Gasteiger partial charge on any atom is -0.480 e. The van der Waals surface area contributed by atoms with Crippen LogP contribution in [0.5, 0.6) is 0 Å². The van der Waals surface area contributed by atoms with E-state index in [4.69, 9.17) is 14.9 Å². The number of nitrogens with zero attached hydrogens (tertiary/aromatic N) is 3. The van der Waals surface area contributed by atoms with Crippen molar-refractivity contribution in [3.05, 3.63) is 30.6 Å². The number of carboxylic acids is 1. The second-order valence-electron chi connectivity index (χ2n) is 5.68. The monoisotopic (exact) mass is 386 g/mol. The van der Waals surface area contributed by atoms with Crippen molar-refractivity contribution < 1.29 is 24.5 Å². The number of ether oxygens (including phenoxy) is 1. The Bertz CT molecular complexity index is 987. The van der Waals surface area contributed by atoms with E-state index < -0.39 is 24.7 Å². The molecule has 3 rings (SSSR count). The zero-order valence-electron chi connectivity index (χ0n) is 14.8. The molecule has 3 aromatic rings. The Labute approximate surface area is 158 Å². The van der Waals surface area contributed by atoms with E-state index in [1.165, 1.54) is 12.4 Å². The number of nitrogens with one attached hydrogen (secondary N) is 3. The number of aliphatic carboxylic acids is 1. The third kappa shape index (κ3) is 4.32. The molecule has 11 nitrogen and oxygen atoms in total. The number of fused-ring (bicyclic) bond motifs is 1. The summed E-state index contributed by atoms with van der Waals surface area (Å²) in [5, 5.41) is 23.0. The van der Waals surface area contributed by atoms with Crippen molar-refractivity contribution in [2.75, 3.05) is 23.8 Å². The summed E-state index contributed by atoms with van der Waals surface area (Å²) >= 11 is 0. The highest BCUT2D eigenvalue weighted by atomic mass is 16.5. The number of hydrogen-bond acceptors (Lipinski definition) is 8. The highest BCUT2D eigenvalue weighted by Crippen LogP contribution is 2.24. The number of benzene rings is 1. The van der Waals surface area contributed by atoms with Crippen molar-refractivity contribution in [3.63, 3.8) is 0 Å². The molecule has 28 heavy (non-hydrogen) atoms. The maximum atomic E-state index is 11.5. The number of aromatic nitrogens is 4. The normalized spacial score (nSPS) is 11.8. The van der Waals surface area contributed by atoms with E-state index in [0.717, 1.165) is 11.1 Å². The summed E-state index contributed by atoms with van der Waals surface area (Å²) in [5.74, 6) is -0.844. The minimum absolute atomic E-state index is 0.0898. The Morgan fingerprint density at radius 1 is 1.25 bits per heavy atom. The average molecular weight is 386 g/mol. The van der Waals surface area contributed by atoms with Crippen molar-refractivity contribution in [1.29, 1.82) is 0 Å². The lowest BCUT2D eigenvalue weighted by Crippen LogP contribution is -2.33. The number of carbonyl (C=O) groups excluding carboxylic acids is 1. The van der Waals surface area contributed by atoms with Gasteiger partial charge < -0.3 is 25.3 Å². The van der Waals surface area contributed by atoms with Crippen LogP contribution in [0, 0.1) is 0 Å². The van der Waals surface area contributed by atoms with Crippen LogP contribution in [0.2, 0.25) is 0 Å². The Hall–Kier alpha value is -3.73. The molecule has 2 heterocycles. The molecule has 2 aromatic heterocycles. The topological polar surface area (TPSA) is 162 Å². The van der Waals surface area contributed by atoms with Gasteiger partial charge in [0.25, 0.3) is 0 Å². The quantitative estimate of drug-likeness (QED) is 0.404. The molecule has 0 aliphatic heterocycles. The second kappa shape index (κ2) is 8.31. The maximum absolute atomic E-state index is 11.5. The standard InChI is InChI=1S/C17H18N6O5/c1-2-28-17(27)23-16-20-11-4-3-9(5-12(11)21-16)10-6-18-15(19-7-10)22-13(8-24)14(25)26/h3-7,13,24H,2,8H2,1H3,(H,25,26)(H,18,19,22)(H2,20,21,23,27). The highest BCUT2D eigenvalue weighted by molar-refractivity contribution is 5.88. The Balaban J connectivity index is 1.77. The van der Waals surface area contributed by atoms with Crippen LogP contribution < -0.4 is 10.6 Å². The number of carbonyl (C=O) groups is 2. The van der Waals surface area contributed by atoms with E-state index in [-0.39, 0.29) is 18.5 Å². The van der Waals surface area contributed by atoms with Crippen LogP contribution in [0.15, 0.2) is 30.6 Å². The molecule has 0 aliphatic rings. The van der Waals surface area contributed by atoms with Crippen LogP contribution in [0.1, 0.15) is 6.92 Å². The molecule has 5 N–H and O–H groups in total. The van der Waals surface area contributed by atoms with Crippen molar-refractivity contribution >= 4 is 35.0 Å². The molecule has 0 aliphatic carbocycles. The zero-order chi connectivity index (χ0) is 20.1. The molecule has 1 aromatic carbocycles. The van der Waals surface area contributed by atoms with Gasteiger partial charge in [-0.15, -0.1) is 0 Å².